The number of hydrogen-bond donors (Lipinski definition) is 1. The molecule has 1 atom stereocenters. The number of aromatic nitrogens is 2. The Morgan fingerprint density at radius 1 is 1.52 bits per heavy atom. The topological polar surface area (TPSA) is 76.5 Å². The number of ether oxygens (including phenoxy) is 1. The molecule has 0 spiro atoms. The summed E-state index contributed by atoms with van der Waals surface area (Å²) in [6.45, 7) is 1.10. The third kappa shape index (κ3) is 4.04. The number of methoxy groups -OCH3 is 1. The van der Waals surface area contributed by atoms with Gasteiger partial charge in [-0.2, -0.15) is 0 Å². The first-order valence-corrected chi connectivity index (χ1v) is 7.15. The number of carbonyl (C=O) groups excluding carboxylic acids is 2. The summed E-state index contributed by atoms with van der Waals surface area (Å²) in [6.07, 6.45) is 5.54. The summed E-state index contributed by atoms with van der Waals surface area (Å²) in [4.78, 5) is 29.8. The number of nitrogens with one attached hydrogen (secondary N) is 1. The van der Waals surface area contributed by atoms with Gasteiger partial charge >= 0.3 is 0 Å². The average Bonchev–Trinajstić information content (AvgIpc) is 2.80. The zero-order chi connectivity index (χ0) is 15.2. The van der Waals surface area contributed by atoms with E-state index in [1.165, 1.54) is 7.11 Å². The number of likely N-dealkylation sites (tertiary alicyclic amines) is 1. The first kappa shape index (κ1) is 15.5. The Kier molecular flexibility index (Phi) is 5.32. The van der Waals surface area contributed by atoms with Gasteiger partial charge in [0, 0.05) is 26.9 Å². The molecule has 116 valence electrons. The van der Waals surface area contributed by atoms with Gasteiger partial charge < -0.3 is 19.5 Å². The van der Waals surface area contributed by atoms with Crippen LogP contribution in [0.2, 0.25) is 0 Å². The van der Waals surface area contributed by atoms with Crippen molar-refractivity contribution in [3.05, 3.63) is 18.2 Å². The van der Waals surface area contributed by atoms with Crippen LogP contribution in [-0.4, -0.2) is 52.6 Å². The SMILES string of the molecule is COC1CCCCN(CC(=O)NCc2cncn2C)C1=O. The van der Waals surface area contributed by atoms with Crippen molar-refractivity contribution in [1.82, 2.24) is 19.8 Å². The van der Waals surface area contributed by atoms with Crippen LogP contribution in [0.25, 0.3) is 0 Å². The van der Waals surface area contributed by atoms with E-state index in [-0.39, 0.29) is 18.4 Å². The molecule has 21 heavy (non-hydrogen) atoms. The maximum atomic E-state index is 12.2. The molecular formula is C14H22N4O3. The lowest BCUT2D eigenvalue weighted by molar-refractivity contribution is -0.144. The van der Waals surface area contributed by atoms with E-state index in [1.54, 1.807) is 17.4 Å². The van der Waals surface area contributed by atoms with E-state index in [0.29, 0.717) is 13.1 Å². The van der Waals surface area contributed by atoms with Gasteiger partial charge in [-0.25, -0.2) is 4.98 Å². The predicted octanol–water partition coefficient (Wildman–Crippen LogP) is 0.0638. The van der Waals surface area contributed by atoms with Crippen molar-refractivity contribution in [2.24, 2.45) is 7.05 Å². The van der Waals surface area contributed by atoms with Gasteiger partial charge in [0.2, 0.25) is 5.91 Å². The Hall–Kier alpha value is -1.89. The normalized spacial score (nSPS) is 19.4. The first-order chi connectivity index (χ1) is 10.1. The lowest BCUT2D eigenvalue weighted by atomic mass is 10.2. The summed E-state index contributed by atoms with van der Waals surface area (Å²) in [7, 11) is 3.41. The predicted molar refractivity (Wildman–Crippen MR) is 76.3 cm³/mol. The van der Waals surface area contributed by atoms with E-state index in [0.717, 1.165) is 25.0 Å². The molecule has 0 radical (unpaired) electrons. The molecule has 1 N–H and O–H groups in total. The van der Waals surface area contributed by atoms with Crippen molar-refractivity contribution < 1.29 is 14.3 Å². The second-order valence-electron chi connectivity index (χ2n) is 5.25. The molecule has 0 aliphatic carbocycles. The molecule has 1 aromatic heterocycles. The van der Waals surface area contributed by atoms with Crippen molar-refractivity contribution in [2.45, 2.75) is 31.9 Å². The van der Waals surface area contributed by atoms with Crippen LogP contribution in [-0.2, 0) is 27.9 Å². The summed E-state index contributed by atoms with van der Waals surface area (Å²) in [5.74, 6) is -0.257. The Balaban J connectivity index is 1.86. The molecule has 1 aromatic rings. The summed E-state index contributed by atoms with van der Waals surface area (Å²) < 4.78 is 7.04. The van der Waals surface area contributed by atoms with Gasteiger partial charge in [0.15, 0.2) is 0 Å². The number of hydrogen-bond acceptors (Lipinski definition) is 4. The van der Waals surface area contributed by atoms with Gasteiger partial charge in [-0.3, -0.25) is 9.59 Å². The van der Waals surface area contributed by atoms with Gasteiger partial charge in [-0.15, -0.1) is 0 Å². The van der Waals surface area contributed by atoms with Crippen LogP contribution < -0.4 is 5.32 Å². The third-order valence-corrected chi connectivity index (χ3v) is 3.73. The summed E-state index contributed by atoms with van der Waals surface area (Å²) in [5, 5.41) is 2.81. The van der Waals surface area contributed by atoms with E-state index in [4.69, 9.17) is 4.74 Å². The minimum Gasteiger partial charge on any atom is -0.372 e. The molecule has 7 nitrogen and oxygen atoms in total. The standard InChI is InChI=1S/C14H22N4O3/c1-17-10-15-7-11(17)8-16-13(19)9-18-6-4-3-5-12(21-2)14(18)20/h7,10,12H,3-6,8-9H2,1-2H3,(H,16,19). The smallest absolute Gasteiger partial charge is 0.252 e. The Bertz CT molecular complexity index is 500. The Labute approximate surface area is 124 Å². The lowest BCUT2D eigenvalue weighted by Gasteiger charge is -2.23. The molecule has 1 aliphatic rings. The molecule has 1 aliphatic heterocycles. The highest BCUT2D eigenvalue weighted by molar-refractivity contribution is 5.87. The zero-order valence-electron chi connectivity index (χ0n) is 12.5. The highest BCUT2D eigenvalue weighted by Crippen LogP contribution is 2.14. The summed E-state index contributed by atoms with van der Waals surface area (Å²) in [5.41, 5.74) is 0.917. The quantitative estimate of drug-likeness (QED) is 0.833. The number of amides is 2. The number of imidazole rings is 1. The largest absolute Gasteiger partial charge is 0.372 e. The minimum absolute atomic E-state index is 0.0799. The molecule has 1 fully saturated rings. The number of rotatable bonds is 5. The second kappa shape index (κ2) is 7.21. The zero-order valence-corrected chi connectivity index (χ0v) is 12.5. The van der Waals surface area contributed by atoms with E-state index in [9.17, 15) is 9.59 Å². The van der Waals surface area contributed by atoms with Gasteiger partial charge in [-0.05, 0) is 19.3 Å². The average molecular weight is 294 g/mol. The molecule has 0 aromatic carbocycles. The van der Waals surface area contributed by atoms with Gasteiger partial charge in [0.25, 0.3) is 5.91 Å². The van der Waals surface area contributed by atoms with Crippen LogP contribution in [0, 0.1) is 0 Å². The molecule has 2 heterocycles. The number of nitrogens with zero attached hydrogens (tertiary/aromatic N) is 3. The highest BCUT2D eigenvalue weighted by Gasteiger charge is 2.27. The highest BCUT2D eigenvalue weighted by atomic mass is 16.5. The molecule has 0 saturated carbocycles. The molecule has 0 bridgehead atoms. The van der Waals surface area contributed by atoms with Crippen LogP contribution >= 0.6 is 0 Å². The van der Waals surface area contributed by atoms with Crippen molar-refractivity contribution in [3.63, 3.8) is 0 Å². The fourth-order valence-corrected chi connectivity index (χ4v) is 2.42. The summed E-state index contributed by atoms with van der Waals surface area (Å²) in [6, 6.07) is 0. The molecule has 7 heteroatoms. The van der Waals surface area contributed by atoms with Crippen LogP contribution in [0.3, 0.4) is 0 Å². The van der Waals surface area contributed by atoms with Crippen molar-refractivity contribution in [3.8, 4) is 0 Å². The Morgan fingerprint density at radius 3 is 3.00 bits per heavy atom. The lowest BCUT2D eigenvalue weighted by Crippen LogP contribution is -2.44. The maximum absolute atomic E-state index is 12.2. The van der Waals surface area contributed by atoms with Gasteiger partial charge in [0.05, 0.1) is 25.1 Å². The van der Waals surface area contributed by atoms with Gasteiger partial charge in [0.1, 0.15) is 6.10 Å². The molecule has 2 rings (SSSR count). The van der Waals surface area contributed by atoms with E-state index < -0.39 is 6.10 Å². The van der Waals surface area contributed by atoms with Crippen molar-refractivity contribution in [2.75, 3.05) is 20.2 Å². The monoisotopic (exact) mass is 294 g/mol. The first-order valence-electron chi connectivity index (χ1n) is 7.15. The van der Waals surface area contributed by atoms with Crippen molar-refractivity contribution >= 4 is 11.8 Å². The van der Waals surface area contributed by atoms with Crippen LogP contribution in [0.5, 0.6) is 0 Å². The minimum atomic E-state index is -0.419. The fraction of sp³-hybridized carbons (Fsp3) is 0.643. The third-order valence-electron chi connectivity index (χ3n) is 3.73. The Morgan fingerprint density at radius 2 is 2.33 bits per heavy atom. The van der Waals surface area contributed by atoms with Crippen LogP contribution in [0.1, 0.15) is 25.0 Å². The van der Waals surface area contributed by atoms with Crippen LogP contribution in [0.4, 0.5) is 0 Å². The number of aryl methyl sites for hydroxylation is 1. The van der Waals surface area contributed by atoms with E-state index in [2.05, 4.69) is 10.3 Å². The molecule has 1 unspecified atom stereocenters. The summed E-state index contributed by atoms with van der Waals surface area (Å²) >= 11 is 0. The second-order valence-corrected chi connectivity index (χ2v) is 5.25. The van der Waals surface area contributed by atoms with Crippen LogP contribution in [0.15, 0.2) is 12.5 Å². The molecular weight excluding hydrogens is 272 g/mol. The molecule has 2 amide bonds. The van der Waals surface area contributed by atoms with E-state index >= 15 is 0 Å². The maximum Gasteiger partial charge on any atom is 0.252 e. The van der Waals surface area contributed by atoms with E-state index in [1.807, 2.05) is 11.6 Å². The van der Waals surface area contributed by atoms with Gasteiger partial charge in [-0.1, -0.05) is 0 Å². The fourth-order valence-electron chi connectivity index (χ4n) is 2.42. The van der Waals surface area contributed by atoms with Crippen molar-refractivity contribution in [1.29, 1.82) is 0 Å². The molecule has 1 saturated heterocycles. The number of carbonyl (C=O) groups is 2.